The molecular weight excluding hydrogens is 362 g/mol. The number of nitrogens with one attached hydrogen (secondary N) is 2. The third kappa shape index (κ3) is 4.60. The van der Waals surface area contributed by atoms with Gasteiger partial charge in [-0.05, 0) is 18.2 Å². The molecular formula is C16H17N3O6S. The van der Waals surface area contributed by atoms with Gasteiger partial charge >= 0.3 is 11.9 Å². The van der Waals surface area contributed by atoms with E-state index in [4.69, 9.17) is 0 Å². The summed E-state index contributed by atoms with van der Waals surface area (Å²) in [4.78, 5) is 51.6. The predicted molar refractivity (Wildman–Crippen MR) is 95.2 cm³/mol. The maximum Gasteiger partial charge on any atom is 0.337 e. The summed E-state index contributed by atoms with van der Waals surface area (Å²) in [6.45, 7) is 0. The number of benzene rings is 1. The number of aliphatic imine (C=N–C) groups is 1. The number of carbonyl (C=O) groups excluding carboxylic acids is 4. The second kappa shape index (κ2) is 8.48. The Bertz CT molecular complexity index is 758. The van der Waals surface area contributed by atoms with Gasteiger partial charge in [-0.15, -0.1) is 0 Å². The number of rotatable bonds is 4. The van der Waals surface area contributed by atoms with Crippen LogP contribution in [0, 0.1) is 0 Å². The quantitative estimate of drug-likeness (QED) is 0.742. The van der Waals surface area contributed by atoms with Gasteiger partial charge in [0.1, 0.15) is 5.25 Å². The summed E-state index contributed by atoms with van der Waals surface area (Å²) >= 11 is 1.12. The summed E-state index contributed by atoms with van der Waals surface area (Å²) in [5.74, 6) is -2.11. The summed E-state index contributed by atoms with van der Waals surface area (Å²) in [7, 11) is 3.91. The van der Waals surface area contributed by atoms with Crippen molar-refractivity contribution in [2.75, 3.05) is 26.6 Å². The van der Waals surface area contributed by atoms with E-state index in [1.54, 1.807) is 0 Å². The molecule has 1 fully saturated rings. The van der Waals surface area contributed by atoms with E-state index in [2.05, 4.69) is 25.1 Å². The SMILES string of the molecule is CN=C1NC(=O)C[C@@H](C(=O)Nc2cc(C(=O)OC)cc(C(=O)OC)c2)S1. The van der Waals surface area contributed by atoms with Crippen molar-refractivity contribution in [3.8, 4) is 0 Å². The van der Waals surface area contributed by atoms with Crippen molar-refractivity contribution in [1.82, 2.24) is 5.32 Å². The molecule has 0 saturated carbocycles. The monoisotopic (exact) mass is 379 g/mol. The molecule has 0 bridgehead atoms. The Morgan fingerprint density at radius 3 is 2.23 bits per heavy atom. The van der Waals surface area contributed by atoms with Gasteiger partial charge in [0.25, 0.3) is 0 Å². The third-order valence-corrected chi connectivity index (χ3v) is 4.58. The number of ether oxygens (including phenoxy) is 2. The van der Waals surface area contributed by atoms with Gasteiger partial charge in [0.2, 0.25) is 11.8 Å². The van der Waals surface area contributed by atoms with Gasteiger partial charge in [0, 0.05) is 19.2 Å². The van der Waals surface area contributed by atoms with Crippen LogP contribution < -0.4 is 10.6 Å². The lowest BCUT2D eigenvalue weighted by molar-refractivity contribution is -0.123. The lowest BCUT2D eigenvalue weighted by Crippen LogP contribution is -2.41. The Morgan fingerprint density at radius 1 is 1.15 bits per heavy atom. The van der Waals surface area contributed by atoms with E-state index >= 15 is 0 Å². The first kappa shape index (κ1) is 19.4. The largest absolute Gasteiger partial charge is 0.465 e. The zero-order chi connectivity index (χ0) is 19.3. The number of amidine groups is 1. The topological polar surface area (TPSA) is 123 Å². The fourth-order valence-corrected chi connectivity index (χ4v) is 3.14. The van der Waals surface area contributed by atoms with Crippen LogP contribution in [0.15, 0.2) is 23.2 Å². The number of carbonyl (C=O) groups is 4. The highest BCUT2D eigenvalue weighted by molar-refractivity contribution is 8.15. The highest BCUT2D eigenvalue weighted by Crippen LogP contribution is 2.23. The van der Waals surface area contributed by atoms with Crippen molar-refractivity contribution in [1.29, 1.82) is 0 Å². The molecule has 2 N–H and O–H groups in total. The summed E-state index contributed by atoms with van der Waals surface area (Å²) in [5.41, 5.74) is 0.367. The molecule has 0 spiro atoms. The molecule has 1 aliphatic heterocycles. The molecule has 0 aliphatic carbocycles. The first-order chi connectivity index (χ1) is 12.4. The molecule has 1 heterocycles. The van der Waals surface area contributed by atoms with Crippen LogP contribution in [0.5, 0.6) is 0 Å². The van der Waals surface area contributed by atoms with Crippen LogP contribution in [0.2, 0.25) is 0 Å². The number of hydrogen-bond acceptors (Lipinski definition) is 8. The van der Waals surface area contributed by atoms with Crippen molar-refractivity contribution in [3.63, 3.8) is 0 Å². The Kier molecular flexibility index (Phi) is 6.34. The second-order valence-corrected chi connectivity index (χ2v) is 6.35. The van der Waals surface area contributed by atoms with Gasteiger partial charge in [0.05, 0.1) is 25.3 Å². The molecule has 1 aromatic carbocycles. The molecule has 26 heavy (non-hydrogen) atoms. The Labute approximate surface area is 153 Å². The van der Waals surface area contributed by atoms with Gasteiger partial charge in [-0.3, -0.25) is 14.6 Å². The van der Waals surface area contributed by atoms with Crippen molar-refractivity contribution in [3.05, 3.63) is 29.3 Å². The van der Waals surface area contributed by atoms with Crippen LogP contribution in [0.3, 0.4) is 0 Å². The van der Waals surface area contributed by atoms with Gasteiger partial charge < -0.3 is 20.1 Å². The van der Waals surface area contributed by atoms with Crippen LogP contribution in [-0.2, 0) is 19.1 Å². The molecule has 1 saturated heterocycles. The number of methoxy groups -OCH3 is 2. The number of thioether (sulfide) groups is 1. The number of nitrogens with zero attached hydrogens (tertiary/aromatic N) is 1. The Morgan fingerprint density at radius 2 is 1.73 bits per heavy atom. The molecule has 1 atom stereocenters. The first-order valence-electron chi connectivity index (χ1n) is 7.43. The van der Waals surface area contributed by atoms with Crippen LogP contribution in [0.1, 0.15) is 27.1 Å². The average Bonchev–Trinajstić information content (AvgIpc) is 2.65. The van der Waals surface area contributed by atoms with E-state index in [-0.39, 0.29) is 29.1 Å². The van der Waals surface area contributed by atoms with Crippen molar-refractivity contribution in [2.24, 2.45) is 4.99 Å². The van der Waals surface area contributed by atoms with E-state index < -0.39 is 23.1 Å². The molecule has 138 valence electrons. The number of hydrogen-bond donors (Lipinski definition) is 2. The fraction of sp³-hybridized carbons (Fsp3) is 0.312. The minimum absolute atomic E-state index is 0.0178. The highest BCUT2D eigenvalue weighted by atomic mass is 32.2. The second-order valence-electron chi connectivity index (χ2n) is 5.16. The first-order valence-corrected chi connectivity index (χ1v) is 8.31. The molecule has 2 amide bonds. The number of esters is 2. The Balaban J connectivity index is 2.27. The average molecular weight is 379 g/mol. The van der Waals surface area contributed by atoms with Crippen LogP contribution in [-0.4, -0.2) is 55.4 Å². The maximum atomic E-state index is 12.5. The lowest BCUT2D eigenvalue weighted by atomic mass is 10.1. The summed E-state index contributed by atoms with van der Waals surface area (Å²) < 4.78 is 9.29. The fourth-order valence-electron chi connectivity index (χ4n) is 2.19. The third-order valence-electron chi connectivity index (χ3n) is 3.41. The van der Waals surface area contributed by atoms with Gasteiger partial charge in [-0.1, -0.05) is 11.8 Å². The summed E-state index contributed by atoms with van der Waals surface area (Å²) in [6, 6.07) is 4.05. The van der Waals surface area contributed by atoms with E-state index in [0.717, 1.165) is 11.8 Å². The van der Waals surface area contributed by atoms with Crippen molar-refractivity contribution < 1.29 is 28.7 Å². The lowest BCUT2D eigenvalue weighted by Gasteiger charge is -2.22. The standard InChI is InChI=1S/C16H17N3O6S/c1-17-16-19-12(20)7-11(26-16)13(21)18-10-5-8(14(22)24-2)4-9(6-10)15(23)25-3/h4-6,11H,7H2,1-3H3,(H,18,21)(H,17,19,20)/t11-/m0/s1. The molecule has 9 nitrogen and oxygen atoms in total. The van der Waals surface area contributed by atoms with E-state index in [1.807, 2.05) is 0 Å². The molecule has 0 aromatic heterocycles. The molecule has 10 heteroatoms. The van der Waals surface area contributed by atoms with Crippen LogP contribution in [0.25, 0.3) is 0 Å². The summed E-state index contributed by atoms with van der Waals surface area (Å²) in [5, 5.41) is 4.81. The zero-order valence-corrected chi connectivity index (χ0v) is 15.1. The van der Waals surface area contributed by atoms with Gasteiger partial charge in [-0.25, -0.2) is 9.59 Å². The van der Waals surface area contributed by atoms with E-state index in [9.17, 15) is 19.2 Å². The molecule has 2 rings (SSSR count). The smallest absolute Gasteiger partial charge is 0.337 e. The van der Waals surface area contributed by atoms with E-state index in [0.29, 0.717) is 5.17 Å². The maximum absolute atomic E-state index is 12.5. The van der Waals surface area contributed by atoms with E-state index in [1.165, 1.54) is 39.5 Å². The molecule has 1 aromatic rings. The minimum Gasteiger partial charge on any atom is -0.465 e. The highest BCUT2D eigenvalue weighted by Gasteiger charge is 2.30. The predicted octanol–water partition coefficient (Wildman–Crippen LogP) is 0.806. The normalized spacial score (nSPS) is 18.0. The molecule has 0 unspecified atom stereocenters. The van der Waals surface area contributed by atoms with Crippen molar-refractivity contribution >= 4 is 46.4 Å². The minimum atomic E-state index is -0.689. The van der Waals surface area contributed by atoms with Gasteiger partial charge in [-0.2, -0.15) is 0 Å². The molecule has 0 radical (unpaired) electrons. The van der Waals surface area contributed by atoms with Crippen LogP contribution >= 0.6 is 11.8 Å². The van der Waals surface area contributed by atoms with Crippen LogP contribution in [0.4, 0.5) is 5.69 Å². The zero-order valence-electron chi connectivity index (χ0n) is 14.3. The summed E-state index contributed by atoms with van der Waals surface area (Å²) in [6.07, 6.45) is -0.0178. The van der Waals surface area contributed by atoms with Crippen molar-refractivity contribution in [2.45, 2.75) is 11.7 Å². The number of amides is 2. The number of anilines is 1. The van der Waals surface area contributed by atoms with Gasteiger partial charge in [0.15, 0.2) is 5.17 Å². The Hall–Kier alpha value is -2.88. The molecule has 1 aliphatic rings.